The Balaban J connectivity index is 1.55. The van der Waals surface area contributed by atoms with Gasteiger partial charge in [-0.1, -0.05) is 75.1 Å². The molecule has 0 aliphatic rings. The molecule has 1 heterocycles. The molecule has 2 heteroatoms. The summed E-state index contributed by atoms with van der Waals surface area (Å²) in [7, 11) is 0. The number of fused-ring (bicyclic) bond motifs is 1. The van der Waals surface area contributed by atoms with Crippen LogP contribution in [0.3, 0.4) is 0 Å². The normalized spacial score (nSPS) is 10.5. The van der Waals surface area contributed by atoms with Crippen LogP contribution in [-0.2, 0) is 0 Å². The van der Waals surface area contributed by atoms with Gasteiger partial charge in [0, 0.05) is 18.4 Å². The fourth-order valence-electron chi connectivity index (χ4n) is 2.85. The molecule has 1 N–H and O–H groups in total. The molecule has 0 spiro atoms. The van der Waals surface area contributed by atoms with E-state index in [-0.39, 0.29) is 0 Å². The summed E-state index contributed by atoms with van der Waals surface area (Å²) in [5.74, 6) is 6.44. The number of hydrogen-bond acceptors (Lipinski definition) is 2. The van der Waals surface area contributed by atoms with Crippen LogP contribution in [0.1, 0.15) is 69.9 Å². The second-order valence-corrected chi connectivity index (χ2v) is 6.35. The van der Waals surface area contributed by atoms with Crippen LogP contribution in [0.4, 0.5) is 0 Å². The van der Waals surface area contributed by atoms with Crippen molar-refractivity contribution in [2.24, 2.45) is 0 Å². The Hall–Kier alpha value is -1.85. The summed E-state index contributed by atoms with van der Waals surface area (Å²) in [6.07, 6.45) is 12.1. The van der Waals surface area contributed by atoms with Gasteiger partial charge >= 0.3 is 0 Å². The van der Waals surface area contributed by atoms with Gasteiger partial charge in [0.25, 0.3) is 0 Å². The van der Waals surface area contributed by atoms with Gasteiger partial charge in [0.1, 0.15) is 5.69 Å². The SMILES string of the molecule is OCCCCCCCCCCCC#Cc1ccc2ccccc2n1. The smallest absolute Gasteiger partial charge is 0.113 e. The van der Waals surface area contributed by atoms with Crippen molar-refractivity contribution in [1.29, 1.82) is 0 Å². The number of nitrogens with zero attached hydrogens (tertiary/aromatic N) is 1. The number of benzene rings is 1. The lowest BCUT2D eigenvalue weighted by molar-refractivity contribution is 0.282. The molecule has 1 aromatic heterocycles. The van der Waals surface area contributed by atoms with Gasteiger partial charge in [-0.2, -0.15) is 0 Å². The van der Waals surface area contributed by atoms with E-state index < -0.39 is 0 Å². The monoisotopic (exact) mass is 323 g/mol. The van der Waals surface area contributed by atoms with Crippen LogP contribution in [0.5, 0.6) is 0 Å². The van der Waals surface area contributed by atoms with Crippen LogP contribution >= 0.6 is 0 Å². The molecular weight excluding hydrogens is 294 g/mol. The van der Waals surface area contributed by atoms with E-state index in [4.69, 9.17) is 5.11 Å². The van der Waals surface area contributed by atoms with Gasteiger partial charge in [-0.05, 0) is 30.9 Å². The van der Waals surface area contributed by atoms with Crippen molar-refractivity contribution in [2.45, 2.75) is 64.2 Å². The molecule has 0 bridgehead atoms. The average molecular weight is 323 g/mol. The van der Waals surface area contributed by atoms with Gasteiger partial charge in [0.2, 0.25) is 0 Å². The van der Waals surface area contributed by atoms with Crippen LogP contribution in [0.15, 0.2) is 36.4 Å². The Kier molecular flexibility index (Phi) is 8.97. The molecule has 0 saturated carbocycles. The Morgan fingerprint density at radius 2 is 1.42 bits per heavy atom. The zero-order valence-electron chi connectivity index (χ0n) is 14.6. The summed E-state index contributed by atoms with van der Waals surface area (Å²) < 4.78 is 0. The van der Waals surface area contributed by atoms with Gasteiger partial charge in [0.15, 0.2) is 0 Å². The highest BCUT2D eigenvalue weighted by atomic mass is 16.2. The predicted molar refractivity (Wildman–Crippen MR) is 102 cm³/mol. The molecule has 0 unspecified atom stereocenters. The Bertz CT molecular complexity index is 654. The van der Waals surface area contributed by atoms with Gasteiger partial charge in [-0.3, -0.25) is 0 Å². The number of unbranched alkanes of at least 4 members (excludes halogenated alkanes) is 9. The first-order valence-electron chi connectivity index (χ1n) is 9.36. The van der Waals surface area contributed by atoms with E-state index in [1.54, 1.807) is 0 Å². The first-order valence-corrected chi connectivity index (χ1v) is 9.36. The minimum atomic E-state index is 0.343. The largest absolute Gasteiger partial charge is 0.396 e. The number of aromatic nitrogens is 1. The molecule has 0 aliphatic carbocycles. The molecule has 2 nitrogen and oxygen atoms in total. The van der Waals surface area contributed by atoms with E-state index >= 15 is 0 Å². The molecule has 0 atom stereocenters. The van der Waals surface area contributed by atoms with Crippen LogP contribution in [-0.4, -0.2) is 16.7 Å². The molecule has 2 rings (SSSR count). The molecule has 0 saturated heterocycles. The van der Waals surface area contributed by atoms with E-state index in [2.05, 4.69) is 29.0 Å². The average Bonchev–Trinajstić information content (AvgIpc) is 2.62. The summed E-state index contributed by atoms with van der Waals surface area (Å²) in [5, 5.41) is 9.88. The zero-order chi connectivity index (χ0) is 16.9. The van der Waals surface area contributed by atoms with Crippen LogP contribution < -0.4 is 0 Å². The van der Waals surface area contributed by atoms with E-state index in [0.29, 0.717) is 6.61 Å². The molecular formula is C22H29NO. The minimum absolute atomic E-state index is 0.343. The number of aliphatic hydroxyl groups is 1. The molecule has 0 radical (unpaired) electrons. The molecule has 2 aromatic rings. The van der Waals surface area contributed by atoms with E-state index in [9.17, 15) is 0 Å². The summed E-state index contributed by atoms with van der Waals surface area (Å²) in [5.41, 5.74) is 1.89. The van der Waals surface area contributed by atoms with E-state index in [1.165, 1.54) is 56.8 Å². The number of rotatable bonds is 10. The van der Waals surface area contributed by atoms with Crippen molar-refractivity contribution in [2.75, 3.05) is 6.61 Å². The number of aliphatic hydroxyl groups excluding tert-OH is 1. The summed E-state index contributed by atoms with van der Waals surface area (Å²) in [6.45, 7) is 0.343. The van der Waals surface area contributed by atoms with Gasteiger partial charge in [0.05, 0.1) is 5.52 Å². The standard InChI is InChI=1S/C22H29NO/c24-19-13-9-7-5-3-1-2-4-6-8-10-15-21-18-17-20-14-11-12-16-22(20)23-21/h11-12,14,16-18,24H,1-9,13,19H2. The topological polar surface area (TPSA) is 33.1 Å². The summed E-state index contributed by atoms with van der Waals surface area (Å²) in [6, 6.07) is 12.2. The Morgan fingerprint density at radius 1 is 0.750 bits per heavy atom. The lowest BCUT2D eigenvalue weighted by atomic mass is 10.1. The second kappa shape index (κ2) is 11.6. The summed E-state index contributed by atoms with van der Waals surface area (Å²) >= 11 is 0. The van der Waals surface area contributed by atoms with Crippen LogP contribution in [0.25, 0.3) is 10.9 Å². The van der Waals surface area contributed by atoms with Crippen molar-refractivity contribution in [3.05, 3.63) is 42.1 Å². The predicted octanol–water partition coefficient (Wildman–Crippen LogP) is 5.48. The Labute approximate surface area is 146 Å². The molecule has 0 aliphatic heterocycles. The van der Waals surface area contributed by atoms with Crippen molar-refractivity contribution < 1.29 is 5.11 Å². The second-order valence-electron chi connectivity index (χ2n) is 6.35. The molecule has 0 fully saturated rings. The summed E-state index contributed by atoms with van der Waals surface area (Å²) in [4.78, 5) is 4.57. The third-order valence-electron chi connectivity index (χ3n) is 4.27. The quantitative estimate of drug-likeness (QED) is 0.464. The van der Waals surface area contributed by atoms with Gasteiger partial charge in [-0.15, -0.1) is 0 Å². The first kappa shape index (κ1) is 18.5. The lowest BCUT2D eigenvalue weighted by Gasteiger charge is -2.00. The number of pyridine rings is 1. The maximum Gasteiger partial charge on any atom is 0.113 e. The highest BCUT2D eigenvalue weighted by Gasteiger charge is 1.94. The fourth-order valence-corrected chi connectivity index (χ4v) is 2.85. The highest BCUT2D eigenvalue weighted by Crippen LogP contribution is 2.12. The minimum Gasteiger partial charge on any atom is -0.396 e. The van der Waals surface area contributed by atoms with Gasteiger partial charge in [-0.25, -0.2) is 4.98 Å². The Morgan fingerprint density at radius 3 is 2.17 bits per heavy atom. The third kappa shape index (κ3) is 7.15. The van der Waals surface area contributed by atoms with E-state index in [0.717, 1.165) is 24.1 Å². The molecule has 24 heavy (non-hydrogen) atoms. The van der Waals surface area contributed by atoms with E-state index in [1.807, 2.05) is 24.3 Å². The van der Waals surface area contributed by atoms with Crippen LogP contribution in [0, 0.1) is 11.8 Å². The number of para-hydroxylation sites is 1. The van der Waals surface area contributed by atoms with Crippen molar-refractivity contribution in [3.8, 4) is 11.8 Å². The molecule has 1 aromatic carbocycles. The van der Waals surface area contributed by atoms with Crippen molar-refractivity contribution in [3.63, 3.8) is 0 Å². The first-order chi connectivity index (χ1) is 11.9. The van der Waals surface area contributed by atoms with Crippen LogP contribution in [0.2, 0.25) is 0 Å². The highest BCUT2D eigenvalue weighted by molar-refractivity contribution is 5.78. The maximum atomic E-state index is 8.71. The lowest BCUT2D eigenvalue weighted by Crippen LogP contribution is -1.85. The van der Waals surface area contributed by atoms with Crippen molar-refractivity contribution in [1.82, 2.24) is 4.98 Å². The third-order valence-corrected chi connectivity index (χ3v) is 4.27. The number of hydrogen-bond donors (Lipinski definition) is 1. The van der Waals surface area contributed by atoms with Gasteiger partial charge < -0.3 is 5.11 Å². The maximum absolute atomic E-state index is 8.71. The molecule has 0 amide bonds. The van der Waals surface area contributed by atoms with Crippen molar-refractivity contribution >= 4 is 10.9 Å². The zero-order valence-corrected chi connectivity index (χ0v) is 14.6. The molecule has 128 valence electrons. The fraction of sp³-hybridized carbons (Fsp3) is 0.500.